The summed E-state index contributed by atoms with van der Waals surface area (Å²) in [7, 11) is 0. The van der Waals surface area contributed by atoms with Gasteiger partial charge < -0.3 is 15.3 Å². The van der Waals surface area contributed by atoms with Gasteiger partial charge in [-0.3, -0.25) is 9.36 Å². The first-order chi connectivity index (χ1) is 17.3. The Morgan fingerprint density at radius 2 is 1.61 bits per heavy atom. The molecule has 0 saturated carbocycles. The average molecular weight is 490 g/mol. The molecule has 1 atom stereocenters. The number of hydrogen-bond donors (Lipinski definition) is 2. The van der Waals surface area contributed by atoms with Gasteiger partial charge in [-0.05, 0) is 61.0 Å². The predicted molar refractivity (Wildman–Crippen MR) is 129 cm³/mol. The molecule has 2 heterocycles. The Bertz CT molecular complexity index is 1440. The molecule has 0 fully saturated rings. The Balaban J connectivity index is 1.48. The van der Waals surface area contributed by atoms with Crippen LogP contribution in [0.15, 0.2) is 72.9 Å². The first-order valence-corrected chi connectivity index (χ1v) is 11.1. The number of hydrogen-bond acceptors (Lipinski definition) is 4. The molecule has 1 aromatic heterocycles. The standard InChI is InChI=1S/C27H21F3N4O2/c1-16-2-8-22(9-3-16)31-26-24(17-4-6-19(28)7-5-17)32-23-15-33(10-11-34(23)26)27(36)25(35)18-12-20(29)14-21(30)13-18/h2-14,25,31,35H,15H2,1H3. The van der Waals surface area contributed by atoms with Crippen molar-refractivity contribution >= 4 is 23.6 Å². The summed E-state index contributed by atoms with van der Waals surface area (Å²) in [6.07, 6.45) is 1.31. The van der Waals surface area contributed by atoms with Crippen LogP contribution < -0.4 is 5.32 Å². The molecule has 1 unspecified atom stereocenters. The lowest BCUT2D eigenvalue weighted by Gasteiger charge is -2.25. The summed E-state index contributed by atoms with van der Waals surface area (Å²) in [4.78, 5) is 18.8. The van der Waals surface area contributed by atoms with Crippen LogP contribution in [-0.4, -0.2) is 25.5 Å². The van der Waals surface area contributed by atoms with E-state index in [-0.39, 0.29) is 17.9 Å². The molecule has 0 bridgehead atoms. The second-order valence-corrected chi connectivity index (χ2v) is 8.46. The number of halogens is 3. The summed E-state index contributed by atoms with van der Waals surface area (Å²) in [5.41, 5.74) is 2.92. The number of carbonyl (C=O) groups is 1. The topological polar surface area (TPSA) is 70.4 Å². The number of aromatic nitrogens is 2. The molecule has 1 aliphatic heterocycles. The fraction of sp³-hybridized carbons (Fsp3) is 0.111. The largest absolute Gasteiger partial charge is 0.378 e. The SMILES string of the molecule is Cc1ccc(Nc2c(-c3ccc(F)cc3)nc3n2C=CN(C(=O)C(O)c2cc(F)cc(F)c2)C3)cc1. The lowest BCUT2D eigenvalue weighted by Crippen LogP contribution is -2.33. The van der Waals surface area contributed by atoms with Crippen molar-refractivity contribution in [2.24, 2.45) is 0 Å². The molecule has 1 aliphatic rings. The van der Waals surface area contributed by atoms with E-state index in [0.717, 1.165) is 23.4 Å². The molecule has 6 nitrogen and oxygen atoms in total. The molecule has 1 amide bonds. The van der Waals surface area contributed by atoms with Gasteiger partial charge >= 0.3 is 0 Å². The zero-order valence-electron chi connectivity index (χ0n) is 19.1. The Labute approximate surface area is 204 Å². The third-order valence-electron chi connectivity index (χ3n) is 5.84. The number of nitrogens with zero attached hydrogens (tertiary/aromatic N) is 3. The minimum Gasteiger partial charge on any atom is -0.378 e. The van der Waals surface area contributed by atoms with Gasteiger partial charge in [0.1, 0.15) is 34.8 Å². The van der Waals surface area contributed by atoms with E-state index in [1.54, 1.807) is 22.9 Å². The maximum absolute atomic E-state index is 13.6. The van der Waals surface area contributed by atoms with Crippen LogP contribution in [-0.2, 0) is 11.3 Å². The lowest BCUT2D eigenvalue weighted by atomic mass is 10.1. The number of imidazole rings is 1. The molecule has 5 rings (SSSR count). The molecule has 9 heteroatoms. The molecule has 36 heavy (non-hydrogen) atoms. The minimum absolute atomic E-state index is 0.00599. The third-order valence-corrected chi connectivity index (χ3v) is 5.84. The Morgan fingerprint density at radius 3 is 2.28 bits per heavy atom. The van der Waals surface area contributed by atoms with Crippen molar-refractivity contribution in [3.63, 3.8) is 0 Å². The number of anilines is 2. The normalized spacial score (nSPS) is 13.4. The molecule has 3 aromatic carbocycles. The summed E-state index contributed by atoms with van der Waals surface area (Å²) >= 11 is 0. The molecule has 2 N–H and O–H groups in total. The van der Waals surface area contributed by atoms with Crippen molar-refractivity contribution in [3.05, 3.63) is 107 Å². The first kappa shape index (κ1) is 23.4. The smallest absolute Gasteiger partial charge is 0.260 e. The van der Waals surface area contributed by atoms with Crippen LogP contribution in [0.3, 0.4) is 0 Å². The van der Waals surface area contributed by atoms with Gasteiger partial charge in [-0.1, -0.05) is 17.7 Å². The molecular formula is C27H21F3N4O2. The van der Waals surface area contributed by atoms with E-state index in [1.165, 1.54) is 23.2 Å². The minimum atomic E-state index is -1.76. The molecule has 182 valence electrons. The number of aliphatic hydroxyl groups excluding tert-OH is 1. The Morgan fingerprint density at radius 1 is 0.944 bits per heavy atom. The number of aliphatic hydroxyl groups is 1. The number of amides is 1. The highest BCUT2D eigenvalue weighted by Crippen LogP contribution is 2.34. The molecular weight excluding hydrogens is 469 g/mol. The van der Waals surface area contributed by atoms with Crippen LogP contribution >= 0.6 is 0 Å². The van der Waals surface area contributed by atoms with E-state index in [4.69, 9.17) is 0 Å². The maximum Gasteiger partial charge on any atom is 0.260 e. The first-order valence-electron chi connectivity index (χ1n) is 11.1. The number of fused-ring (bicyclic) bond motifs is 1. The average Bonchev–Trinajstić information content (AvgIpc) is 3.21. The van der Waals surface area contributed by atoms with Crippen molar-refractivity contribution in [3.8, 4) is 11.3 Å². The van der Waals surface area contributed by atoms with Gasteiger partial charge in [-0.2, -0.15) is 0 Å². The van der Waals surface area contributed by atoms with E-state index in [2.05, 4.69) is 10.3 Å². The highest BCUT2D eigenvalue weighted by molar-refractivity contribution is 5.84. The second kappa shape index (κ2) is 9.35. The summed E-state index contributed by atoms with van der Waals surface area (Å²) in [6, 6.07) is 16.1. The van der Waals surface area contributed by atoms with Crippen molar-refractivity contribution in [1.29, 1.82) is 0 Å². The number of carbonyl (C=O) groups excluding carboxylic acids is 1. The van der Waals surface area contributed by atoms with Gasteiger partial charge in [-0.15, -0.1) is 0 Å². The summed E-state index contributed by atoms with van der Waals surface area (Å²) in [6.45, 7) is 1.98. The quantitative estimate of drug-likeness (QED) is 0.386. The van der Waals surface area contributed by atoms with Gasteiger partial charge in [0.25, 0.3) is 5.91 Å². The molecule has 4 aromatic rings. The van der Waals surface area contributed by atoms with Crippen LogP contribution in [0.1, 0.15) is 23.1 Å². The van der Waals surface area contributed by atoms with Crippen molar-refractivity contribution < 1.29 is 23.1 Å². The summed E-state index contributed by atoms with van der Waals surface area (Å²) in [5.74, 6) is -1.85. The van der Waals surface area contributed by atoms with E-state index < -0.39 is 23.6 Å². The molecule has 0 radical (unpaired) electrons. The Hall–Kier alpha value is -4.37. The fourth-order valence-electron chi connectivity index (χ4n) is 3.99. The molecule has 0 spiro atoms. The highest BCUT2D eigenvalue weighted by Gasteiger charge is 2.29. The van der Waals surface area contributed by atoms with Gasteiger partial charge in [0.15, 0.2) is 6.10 Å². The van der Waals surface area contributed by atoms with Crippen LogP contribution in [0, 0.1) is 24.4 Å². The molecule has 0 saturated heterocycles. The van der Waals surface area contributed by atoms with E-state index in [9.17, 15) is 23.1 Å². The van der Waals surface area contributed by atoms with Crippen LogP contribution in [0.4, 0.5) is 24.7 Å². The van der Waals surface area contributed by atoms with Gasteiger partial charge in [0.05, 0.1) is 6.54 Å². The van der Waals surface area contributed by atoms with Crippen molar-refractivity contribution in [1.82, 2.24) is 14.5 Å². The van der Waals surface area contributed by atoms with Gasteiger partial charge in [-0.25, -0.2) is 18.2 Å². The van der Waals surface area contributed by atoms with Crippen LogP contribution in [0.2, 0.25) is 0 Å². The zero-order valence-corrected chi connectivity index (χ0v) is 19.1. The van der Waals surface area contributed by atoms with Gasteiger partial charge in [0.2, 0.25) is 0 Å². The molecule has 0 aliphatic carbocycles. The van der Waals surface area contributed by atoms with E-state index in [0.29, 0.717) is 29.0 Å². The van der Waals surface area contributed by atoms with E-state index >= 15 is 0 Å². The number of benzene rings is 3. The fourth-order valence-corrected chi connectivity index (χ4v) is 3.99. The van der Waals surface area contributed by atoms with Crippen molar-refractivity contribution in [2.75, 3.05) is 5.32 Å². The summed E-state index contributed by atoms with van der Waals surface area (Å²) < 4.78 is 42.5. The van der Waals surface area contributed by atoms with Gasteiger partial charge in [0, 0.05) is 29.7 Å². The highest BCUT2D eigenvalue weighted by atomic mass is 19.1. The predicted octanol–water partition coefficient (Wildman–Crippen LogP) is 5.52. The third kappa shape index (κ3) is 4.60. The van der Waals surface area contributed by atoms with Crippen molar-refractivity contribution in [2.45, 2.75) is 19.6 Å². The number of aryl methyl sites for hydroxylation is 1. The number of rotatable bonds is 5. The van der Waals surface area contributed by atoms with Crippen LogP contribution in [0.5, 0.6) is 0 Å². The zero-order chi connectivity index (χ0) is 25.4. The number of nitrogens with one attached hydrogen (secondary N) is 1. The maximum atomic E-state index is 13.6. The lowest BCUT2D eigenvalue weighted by molar-refractivity contribution is -0.138. The monoisotopic (exact) mass is 490 g/mol. The van der Waals surface area contributed by atoms with Crippen LogP contribution in [0.25, 0.3) is 17.5 Å². The van der Waals surface area contributed by atoms with E-state index in [1.807, 2.05) is 31.2 Å². The Kier molecular flexibility index (Phi) is 6.07. The summed E-state index contributed by atoms with van der Waals surface area (Å²) in [5, 5.41) is 13.8. The second-order valence-electron chi connectivity index (χ2n) is 8.46.